The predicted molar refractivity (Wildman–Crippen MR) is 66.6 cm³/mol. The maximum Gasteiger partial charge on any atom is 3.00 e. The minimum absolute atomic E-state index is 0. The predicted octanol–water partition coefficient (Wildman–Crippen LogP) is -7.96. The van der Waals surface area contributed by atoms with Crippen LogP contribution in [0.5, 0.6) is 0 Å². The van der Waals surface area contributed by atoms with Gasteiger partial charge in [0.1, 0.15) is 0 Å². The quantitative estimate of drug-likeness (QED) is 0.100. The Morgan fingerprint density at radius 3 is 0.586 bits per heavy atom. The van der Waals surface area contributed by atoms with E-state index < -0.39 is 46.9 Å². The Hall–Kier alpha value is 2.94. The number of phosphoric acid groups is 6. The molecule has 0 fully saturated rings. The van der Waals surface area contributed by atoms with Gasteiger partial charge in [-0.15, -0.1) is 0 Å². The van der Waals surface area contributed by atoms with Crippen LogP contribution in [-0.2, 0) is 57.4 Å². The molecule has 0 bridgehead atoms. The van der Waals surface area contributed by atoms with E-state index in [1.165, 1.54) is 0 Å². The molecule has 0 saturated carbocycles. The summed E-state index contributed by atoms with van der Waals surface area (Å²) in [5.74, 6) is 0. The summed E-state index contributed by atoms with van der Waals surface area (Å²) in [5, 5.41) is 0. The molecular weight excluding hydrogens is 616 g/mol. The third-order valence-electron chi connectivity index (χ3n) is 0.625. The van der Waals surface area contributed by atoms with Crippen LogP contribution in [-0.4, -0.2) is 39.1 Å². The Morgan fingerprint density at radius 1 is 0.448 bits per heavy atom. The van der Waals surface area contributed by atoms with Crippen LogP contribution < -0.4 is 71.0 Å². The summed E-state index contributed by atoms with van der Waals surface area (Å²) in [6.45, 7) is 0. The van der Waals surface area contributed by atoms with Gasteiger partial charge in [-0.25, -0.2) is 18.3 Å². The fourth-order valence-corrected chi connectivity index (χ4v) is 3.60. The molecule has 29 heteroatoms. The summed E-state index contributed by atoms with van der Waals surface area (Å²) >= 11 is 0. The van der Waals surface area contributed by atoms with Gasteiger partial charge < -0.3 is 72.2 Å². The second kappa shape index (κ2) is 15.8. The van der Waals surface area contributed by atoms with E-state index >= 15 is 0 Å². The van der Waals surface area contributed by atoms with Crippen LogP contribution >= 0.6 is 46.9 Å². The van der Waals surface area contributed by atoms with E-state index in [0.29, 0.717) is 0 Å². The summed E-state index contributed by atoms with van der Waals surface area (Å²) in [4.78, 5) is 99.3. The average molecular weight is 624 g/mol. The van der Waals surface area contributed by atoms with Crippen LogP contribution in [0, 0.1) is 0 Å². The molecule has 0 aromatic carbocycles. The van der Waals surface area contributed by atoms with Crippen molar-refractivity contribution >= 4 is 46.9 Å². The molecule has 0 atom stereocenters. The van der Waals surface area contributed by atoms with Crippen LogP contribution in [0.15, 0.2) is 0 Å². The smallest absolute Gasteiger partial charge is 0.790 e. The van der Waals surface area contributed by atoms with E-state index in [-0.39, 0.29) is 68.5 Å². The van der Waals surface area contributed by atoms with E-state index in [9.17, 15) is 47.0 Å². The number of rotatable bonds is 6. The maximum absolute atomic E-state index is 9.63. The van der Waals surface area contributed by atoms with Crippen LogP contribution in [0.1, 0.15) is 0 Å². The van der Waals surface area contributed by atoms with Crippen molar-refractivity contribution in [3.05, 3.63) is 0 Å². The average Bonchev–Trinajstić information content (AvgIpc) is 1.96. The minimum Gasteiger partial charge on any atom is -0.790 e. The fraction of sp³-hybridized carbons (Fsp3) is 0. The van der Waals surface area contributed by atoms with Gasteiger partial charge in [0.2, 0.25) is 0 Å². The molecule has 29 heavy (non-hydrogen) atoms. The Balaban J connectivity index is -0.0000000960. The molecule has 0 aliphatic rings. The molecule has 0 amide bonds. The van der Waals surface area contributed by atoms with E-state index in [0.717, 1.165) is 0 Å². The zero-order chi connectivity index (χ0) is 23.1. The summed E-state index contributed by atoms with van der Waals surface area (Å²) < 4.78 is 65.6. The molecular formula is H8KMnO21P6. The molecule has 0 aromatic heterocycles. The van der Waals surface area contributed by atoms with E-state index in [1.807, 2.05) is 0 Å². The summed E-state index contributed by atoms with van der Waals surface area (Å²) in [6.07, 6.45) is 0. The molecule has 172 valence electrons. The molecule has 8 N–H and O–H groups in total. The maximum atomic E-state index is 9.63. The first-order valence-corrected chi connectivity index (χ1v) is 13.6. The van der Waals surface area contributed by atoms with Gasteiger partial charge in [-0.05, 0) is 0 Å². The van der Waals surface area contributed by atoms with Gasteiger partial charge in [0.15, 0.2) is 0 Å². The number of hydrogen-bond acceptors (Lipinski definition) is 13. The molecule has 0 unspecified atom stereocenters. The molecule has 0 saturated heterocycles. The third-order valence-corrected chi connectivity index (χ3v) is 5.63. The van der Waals surface area contributed by atoms with Gasteiger partial charge in [-0.1, -0.05) is 0 Å². The van der Waals surface area contributed by atoms with Crippen LogP contribution in [0.4, 0.5) is 0 Å². The SMILES string of the molecule is O=P(O)(O)OP(=O)(O)O.O=P(O)(O)OP(=O)(O)O.O=P([O-])([O-])OP(=O)([O-])[O-].[K+].[Mn+3]. The van der Waals surface area contributed by atoms with Gasteiger partial charge in [0.05, 0.1) is 15.6 Å². The zero-order valence-corrected chi connectivity index (χ0v) is 22.6. The second-order valence-electron chi connectivity index (χ2n) is 3.10. The fourth-order valence-electron chi connectivity index (χ4n) is 0.400. The monoisotopic (exact) mass is 624 g/mol. The van der Waals surface area contributed by atoms with Gasteiger partial charge in [0.25, 0.3) is 0 Å². The van der Waals surface area contributed by atoms with Crippen molar-refractivity contribution in [3.63, 3.8) is 0 Å². The van der Waals surface area contributed by atoms with Crippen LogP contribution in [0.25, 0.3) is 0 Å². The molecule has 0 aliphatic heterocycles. The van der Waals surface area contributed by atoms with Crippen molar-refractivity contribution in [2.45, 2.75) is 0 Å². The molecule has 0 aromatic rings. The molecule has 0 spiro atoms. The Bertz CT molecular complexity index is 554. The molecule has 0 rings (SSSR count). The van der Waals surface area contributed by atoms with Gasteiger partial charge in [0, 0.05) is 0 Å². The van der Waals surface area contributed by atoms with Crippen molar-refractivity contribution in [2.24, 2.45) is 0 Å². The summed E-state index contributed by atoms with van der Waals surface area (Å²) in [7, 11) is -31.6. The Labute approximate surface area is 212 Å². The minimum atomic E-state index is -5.68. The van der Waals surface area contributed by atoms with Gasteiger partial charge in [-0.3, -0.25) is 0 Å². The Kier molecular flexibility index (Phi) is 22.9. The normalized spacial score (nSPS) is 12.8. The zero-order valence-electron chi connectivity index (χ0n) is 12.9. The van der Waals surface area contributed by atoms with Crippen molar-refractivity contribution in [2.75, 3.05) is 0 Å². The molecule has 21 nitrogen and oxygen atoms in total. The third kappa shape index (κ3) is 59.1. The first kappa shape index (κ1) is 42.1. The van der Waals surface area contributed by atoms with Gasteiger partial charge in [-0.2, -0.15) is 8.62 Å². The molecule has 0 radical (unpaired) electrons. The summed E-state index contributed by atoms with van der Waals surface area (Å²) in [6, 6.07) is 0. The summed E-state index contributed by atoms with van der Waals surface area (Å²) in [5.41, 5.74) is 0. The van der Waals surface area contributed by atoms with Crippen molar-refractivity contribution in [1.29, 1.82) is 0 Å². The first-order valence-electron chi connectivity index (χ1n) is 4.52. The molecule has 0 aliphatic carbocycles. The van der Waals surface area contributed by atoms with Gasteiger partial charge >= 0.3 is 99.7 Å². The van der Waals surface area contributed by atoms with E-state index in [1.54, 1.807) is 0 Å². The van der Waals surface area contributed by atoms with Crippen molar-refractivity contribution < 1.29 is 167 Å². The topological polar surface area (TPSA) is 384 Å². The van der Waals surface area contributed by atoms with Crippen LogP contribution in [0.3, 0.4) is 0 Å². The molecule has 0 heterocycles. The standard InChI is InChI=1S/K.Mn.3H4O7P2/c;;3*1-8(2,3)7-9(4,5)6/h;;3*(H2,1,2,3)(H2,4,5,6)/q+1;+3;;;/p-4. The van der Waals surface area contributed by atoms with Crippen molar-refractivity contribution in [1.82, 2.24) is 0 Å². The van der Waals surface area contributed by atoms with Crippen LogP contribution in [0.2, 0.25) is 0 Å². The largest absolute Gasteiger partial charge is 3.00 e. The number of hydrogen-bond donors (Lipinski definition) is 8. The Morgan fingerprint density at radius 2 is 0.586 bits per heavy atom. The first-order chi connectivity index (χ1) is 11.1. The van der Waals surface area contributed by atoms with Crippen molar-refractivity contribution in [3.8, 4) is 0 Å². The van der Waals surface area contributed by atoms with E-state index in [4.69, 9.17) is 39.1 Å². The second-order valence-corrected chi connectivity index (χ2v) is 10.8. The van der Waals surface area contributed by atoms with E-state index in [2.05, 4.69) is 12.9 Å².